The van der Waals surface area contributed by atoms with Crippen LogP contribution in [0.2, 0.25) is 0 Å². The molecule has 0 unspecified atom stereocenters. The lowest BCUT2D eigenvalue weighted by atomic mass is 10.3. The fourth-order valence-electron chi connectivity index (χ4n) is 0.918. The van der Waals surface area contributed by atoms with Crippen molar-refractivity contribution >= 4 is 27.5 Å². The second kappa shape index (κ2) is 4.37. The Balaban J connectivity index is 2.88. The van der Waals surface area contributed by atoms with Crippen molar-refractivity contribution in [3.05, 3.63) is 30.1 Å². The molecule has 1 aromatic rings. The van der Waals surface area contributed by atoms with Crippen molar-refractivity contribution in [1.29, 1.82) is 0 Å². The van der Waals surface area contributed by atoms with Crippen molar-refractivity contribution < 1.29 is 9.18 Å². The van der Waals surface area contributed by atoms with E-state index in [0.717, 1.165) is 0 Å². The molecule has 0 fully saturated rings. The van der Waals surface area contributed by atoms with Crippen LogP contribution in [0.25, 0.3) is 0 Å². The summed E-state index contributed by atoms with van der Waals surface area (Å²) in [6.45, 7) is 0. The van der Waals surface area contributed by atoms with Crippen LogP contribution in [0, 0.1) is 5.82 Å². The third kappa shape index (κ3) is 2.52. The van der Waals surface area contributed by atoms with Gasteiger partial charge in [-0.15, -0.1) is 0 Å². The number of hydrogen-bond acceptors (Lipinski definition) is 1. The second-order valence-corrected chi connectivity index (χ2v) is 3.13. The molecule has 0 aliphatic heterocycles. The topological polar surface area (TPSA) is 20.3 Å². The molecule has 4 heteroatoms. The lowest BCUT2D eigenvalue weighted by molar-refractivity contribution is -0.115. The summed E-state index contributed by atoms with van der Waals surface area (Å²) in [5.74, 6) is -0.447. The number of carbonyl (C=O) groups is 1. The number of benzene rings is 1. The van der Waals surface area contributed by atoms with Gasteiger partial charge in [0, 0.05) is 12.7 Å². The number of carbonyl (C=O) groups excluding carboxylic acids is 1. The summed E-state index contributed by atoms with van der Waals surface area (Å²) in [7, 11) is 1.61. The normalized spacial score (nSPS) is 9.77. The second-order valence-electron chi connectivity index (χ2n) is 2.57. The summed E-state index contributed by atoms with van der Waals surface area (Å²) >= 11 is 3.05. The molecule has 1 aromatic carbocycles. The number of amides is 1. The van der Waals surface area contributed by atoms with Crippen molar-refractivity contribution in [2.24, 2.45) is 0 Å². The van der Waals surface area contributed by atoms with Gasteiger partial charge in [0.05, 0.1) is 5.33 Å². The van der Waals surface area contributed by atoms with Crippen LogP contribution in [0.3, 0.4) is 0 Å². The SMILES string of the molecule is CN(C(=O)CBr)c1cccc(F)c1. The number of hydrogen-bond donors (Lipinski definition) is 0. The lowest BCUT2D eigenvalue weighted by Crippen LogP contribution is -2.26. The molecule has 0 aromatic heterocycles. The zero-order valence-corrected chi connectivity index (χ0v) is 8.71. The molecule has 0 atom stereocenters. The number of rotatable bonds is 2. The van der Waals surface area contributed by atoms with Gasteiger partial charge in [0.1, 0.15) is 5.82 Å². The molecule has 70 valence electrons. The summed E-state index contributed by atoms with van der Waals surface area (Å²) in [4.78, 5) is 12.6. The zero-order valence-electron chi connectivity index (χ0n) is 7.13. The van der Waals surface area contributed by atoms with Gasteiger partial charge < -0.3 is 4.90 Å². The molecule has 0 bridgehead atoms. The summed E-state index contributed by atoms with van der Waals surface area (Å²) < 4.78 is 12.7. The van der Waals surface area contributed by atoms with Crippen LogP contribution >= 0.6 is 15.9 Å². The van der Waals surface area contributed by atoms with E-state index >= 15 is 0 Å². The third-order valence-corrected chi connectivity index (χ3v) is 2.16. The highest BCUT2D eigenvalue weighted by Gasteiger charge is 2.08. The molecular formula is C9H9BrFNO. The van der Waals surface area contributed by atoms with Crippen molar-refractivity contribution in [3.63, 3.8) is 0 Å². The van der Waals surface area contributed by atoms with E-state index in [1.807, 2.05) is 0 Å². The average molecular weight is 246 g/mol. The van der Waals surface area contributed by atoms with E-state index in [1.54, 1.807) is 19.2 Å². The van der Waals surface area contributed by atoms with Crippen LogP contribution < -0.4 is 4.90 Å². The summed E-state index contributed by atoms with van der Waals surface area (Å²) in [6, 6.07) is 5.92. The van der Waals surface area contributed by atoms with Crippen LogP contribution in [0.15, 0.2) is 24.3 Å². The molecule has 0 radical (unpaired) electrons. The zero-order chi connectivity index (χ0) is 9.84. The van der Waals surface area contributed by atoms with Gasteiger partial charge in [0.15, 0.2) is 0 Å². The van der Waals surface area contributed by atoms with Crippen molar-refractivity contribution in [3.8, 4) is 0 Å². The maximum absolute atomic E-state index is 12.7. The quantitative estimate of drug-likeness (QED) is 0.732. The Labute approximate surface area is 84.5 Å². The van der Waals surface area contributed by atoms with Crippen LogP contribution in [-0.2, 0) is 4.79 Å². The number of nitrogens with zero attached hydrogens (tertiary/aromatic N) is 1. The van der Waals surface area contributed by atoms with E-state index in [-0.39, 0.29) is 17.1 Å². The van der Waals surface area contributed by atoms with Gasteiger partial charge in [-0.05, 0) is 18.2 Å². The van der Waals surface area contributed by atoms with Gasteiger partial charge in [0.2, 0.25) is 5.91 Å². The Morgan fingerprint density at radius 1 is 1.62 bits per heavy atom. The smallest absolute Gasteiger partial charge is 0.237 e. The van der Waals surface area contributed by atoms with Gasteiger partial charge in [-0.3, -0.25) is 4.79 Å². The third-order valence-electron chi connectivity index (χ3n) is 1.68. The highest BCUT2D eigenvalue weighted by atomic mass is 79.9. The number of halogens is 2. The van der Waals surface area contributed by atoms with Crippen molar-refractivity contribution in [2.45, 2.75) is 0 Å². The Kier molecular flexibility index (Phi) is 3.42. The molecule has 2 nitrogen and oxygen atoms in total. The van der Waals surface area contributed by atoms with E-state index < -0.39 is 0 Å². The van der Waals surface area contributed by atoms with Gasteiger partial charge >= 0.3 is 0 Å². The van der Waals surface area contributed by atoms with E-state index in [1.165, 1.54) is 17.0 Å². The van der Waals surface area contributed by atoms with Gasteiger partial charge in [0.25, 0.3) is 0 Å². The van der Waals surface area contributed by atoms with Crippen molar-refractivity contribution in [1.82, 2.24) is 0 Å². The molecule has 0 N–H and O–H groups in total. The first-order valence-corrected chi connectivity index (χ1v) is 4.85. The minimum Gasteiger partial charge on any atom is -0.315 e. The Bertz CT molecular complexity index is 316. The molecule has 0 saturated heterocycles. The molecule has 0 aliphatic carbocycles. The fraction of sp³-hybridized carbons (Fsp3) is 0.222. The van der Waals surface area contributed by atoms with E-state index in [0.29, 0.717) is 5.69 Å². The first-order valence-electron chi connectivity index (χ1n) is 3.73. The molecule has 13 heavy (non-hydrogen) atoms. The Morgan fingerprint density at radius 2 is 2.31 bits per heavy atom. The highest BCUT2D eigenvalue weighted by molar-refractivity contribution is 9.09. The monoisotopic (exact) mass is 245 g/mol. The summed E-state index contributed by atoms with van der Waals surface area (Å²) in [5.41, 5.74) is 0.560. The summed E-state index contributed by atoms with van der Waals surface area (Å²) in [6.07, 6.45) is 0. The molecular weight excluding hydrogens is 237 g/mol. The summed E-state index contributed by atoms with van der Waals surface area (Å²) in [5, 5.41) is 0.236. The Morgan fingerprint density at radius 3 is 2.85 bits per heavy atom. The van der Waals surface area contributed by atoms with Gasteiger partial charge in [-0.1, -0.05) is 22.0 Å². The minimum absolute atomic E-state index is 0.106. The van der Waals surface area contributed by atoms with Crippen LogP contribution in [-0.4, -0.2) is 18.3 Å². The van der Waals surface area contributed by atoms with Crippen LogP contribution in [0.4, 0.5) is 10.1 Å². The molecule has 1 amide bonds. The minimum atomic E-state index is -0.341. The fourth-order valence-corrected chi connectivity index (χ4v) is 1.29. The highest BCUT2D eigenvalue weighted by Crippen LogP contribution is 2.14. The maximum atomic E-state index is 12.7. The predicted molar refractivity (Wildman–Crippen MR) is 53.6 cm³/mol. The standard InChI is InChI=1S/C9H9BrFNO/c1-12(9(13)6-10)8-4-2-3-7(11)5-8/h2-5H,6H2,1H3. The molecule has 0 spiro atoms. The molecule has 0 heterocycles. The first-order chi connectivity index (χ1) is 6.15. The Hall–Kier alpha value is -0.900. The molecule has 0 saturated carbocycles. The number of alkyl halides is 1. The van der Waals surface area contributed by atoms with E-state index in [9.17, 15) is 9.18 Å². The van der Waals surface area contributed by atoms with Crippen LogP contribution in [0.5, 0.6) is 0 Å². The average Bonchev–Trinajstić information content (AvgIpc) is 2.15. The van der Waals surface area contributed by atoms with E-state index in [2.05, 4.69) is 15.9 Å². The molecule has 0 aliphatic rings. The van der Waals surface area contributed by atoms with Gasteiger partial charge in [-0.25, -0.2) is 4.39 Å². The molecule has 1 rings (SSSR count). The van der Waals surface area contributed by atoms with Crippen LogP contribution in [0.1, 0.15) is 0 Å². The maximum Gasteiger partial charge on any atom is 0.237 e. The van der Waals surface area contributed by atoms with E-state index in [4.69, 9.17) is 0 Å². The van der Waals surface area contributed by atoms with Gasteiger partial charge in [-0.2, -0.15) is 0 Å². The first kappa shape index (κ1) is 10.2. The predicted octanol–water partition coefficient (Wildman–Crippen LogP) is 2.18. The number of anilines is 1. The largest absolute Gasteiger partial charge is 0.315 e. The lowest BCUT2D eigenvalue weighted by Gasteiger charge is -2.15. The van der Waals surface area contributed by atoms with Crippen molar-refractivity contribution in [2.75, 3.05) is 17.3 Å².